The van der Waals surface area contributed by atoms with Crippen LogP contribution in [-0.4, -0.2) is 30.6 Å². The molecular weight excluding hydrogens is 184 g/mol. The van der Waals surface area contributed by atoms with Crippen LogP contribution in [0.1, 0.15) is 46.5 Å². The maximum atomic E-state index is 5.85. The average Bonchev–Trinajstić information content (AvgIpc) is 2.66. The number of hydrogen-bond acceptors (Lipinski definition) is 2. The van der Waals surface area contributed by atoms with Gasteiger partial charge in [0, 0.05) is 6.04 Å². The first-order chi connectivity index (χ1) is 7.19. The summed E-state index contributed by atoms with van der Waals surface area (Å²) >= 11 is 0. The van der Waals surface area contributed by atoms with Gasteiger partial charge >= 0.3 is 0 Å². The SMILES string of the molecule is CCN(CCC(C)C)C1CCCC1CN. The standard InChI is InChI=1S/C13H28N2/c1-4-15(9-8-11(2)3)13-7-5-6-12(13)10-14/h11-13H,4-10,14H2,1-3H3. The first-order valence-corrected chi connectivity index (χ1v) is 6.63. The van der Waals surface area contributed by atoms with Crippen molar-refractivity contribution >= 4 is 0 Å². The highest BCUT2D eigenvalue weighted by molar-refractivity contribution is 4.85. The van der Waals surface area contributed by atoms with Gasteiger partial charge in [-0.3, -0.25) is 0 Å². The molecule has 2 N–H and O–H groups in total. The maximum absolute atomic E-state index is 5.85. The highest BCUT2D eigenvalue weighted by Crippen LogP contribution is 2.29. The number of rotatable bonds is 6. The molecule has 0 radical (unpaired) electrons. The lowest BCUT2D eigenvalue weighted by atomic mass is 10.0. The van der Waals surface area contributed by atoms with Gasteiger partial charge in [0.15, 0.2) is 0 Å². The Morgan fingerprint density at radius 1 is 1.33 bits per heavy atom. The topological polar surface area (TPSA) is 29.3 Å². The van der Waals surface area contributed by atoms with Gasteiger partial charge in [-0.2, -0.15) is 0 Å². The van der Waals surface area contributed by atoms with Gasteiger partial charge in [0.1, 0.15) is 0 Å². The second-order valence-electron chi connectivity index (χ2n) is 5.31. The number of nitrogens with two attached hydrogens (primary N) is 1. The highest BCUT2D eigenvalue weighted by Gasteiger charge is 2.29. The van der Waals surface area contributed by atoms with E-state index in [1.165, 1.54) is 38.8 Å². The summed E-state index contributed by atoms with van der Waals surface area (Å²) in [5.41, 5.74) is 5.85. The molecule has 2 heteroatoms. The molecule has 0 spiro atoms. The molecule has 0 aromatic carbocycles. The van der Waals surface area contributed by atoms with E-state index in [0.29, 0.717) is 0 Å². The van der Waals surface area contributed by atoms with Crippen molar-refractivity contribution in [2.75, 3.05) is 19.6 Å². The molecule has 0 aromatic rings. The fraction of sp³-hybridized carbons (Fsp3) is 1.00. The Balaban J connectivity index is 2.42. The predicted molar refractivity (Wildman–Crippen MR) is 66.9 cm³/mol. The van der Waals surface area contributed by atoms with Crippen LogP contribution in [0, 0.1) is 11.8 Å². The summed E-state index contributed by atoms with van der Waals surface area (Å²) < 4.78 is 0. The first-order valence-electron chi connectivity index (χ1n) is 6.63. The van der Waals surface area contributed by atoms with Crippen LogP contribution < -0.4 is 5.73 Å². The van der Waals surface area contributed by atoms with E-state index < -0.39 is 0 Å². The zero-order chi connectivity index (χ0) is 11.3. The zero-order valence-electron chi connectivity index (χ0n) is 10.7. The summed E-state index contributed by atoms with van der Waals surface area (Å²) in [4.78, 5) is 2.66. The van der Waals surface area contributed by atoms with E-state index in [1.54, 1.807) is 0 Å². The Bertz CT molecular complexity index is 168. The van der Waals surface area contributed by atoms with Gasteiger partial charge in [-0.1, -0.05) is 27.2 Å². The van der Waals surface area contributed by atoms with Gasteiger partial charge in [0.25, 0.3) is 0 Å². The Morgan fingerprint density at radius 2 is 2.07 bits per heavy atom. The van der Waals surface area contributed by atoms with E-state index >= 15 is 0 Å². The fourth-order valence-corrected chi connectivity index (χ4v) is 2.76. The van der Waals surface area contributed by atoms with Gasteiger partial charge < -0.3 is 10.6 Å². The van der Waals surface area contributed by atoms with Gasteiger partial charge in [-0.15, -0.1) is 0 Å². The van der Waals surface area contributed by atoms with Crippen molar-refractivity contribution < 1.29 is 0 Å². The molecule has 1 aliphatic carbocycles. The van der Waals surface area contributed by atoms with Crippen molar-refractivity contribution in [3.8, 4) is 0 Å². The van der Waals surface area contributed by atoms with E-state index in [1.807, 2.05) is 0 Å². The lowest BCUT2D eigenvalue weighted by molar-refractivity contribution is 0.162. The van der Waals surface area contributed by atoms with Crippen molar-refractivity contribution in [3.63, 3.8) is 0 Å². The van der Waals surface area contributed by atoms with E-state index in [-0.39, 0.29) is 0 Å². The van der Waals surface area contributed by atoms with Crippen LogP contribution in [0.25, 0.3) is 0 Å². The molecule has 0 heterocycles. The van der Waals surface area contributed by atoms with Crippen LogP contribution in [0.2, 0.25) is 0 Å². The van der Waals surface area contributed by atoms with E-state index in [4.69, 9.17) is 5.73 Å². The molecule has 2 unspecified atom stereocenters. The van der Waals surface area contributed by atoms with Crippen LogP contribution in [0.3, 0.4) is 0 Å². The normalized spacial score (nSPS) is 26.8. The van der Waals surface area contributed by atoms with Crippen molar-refractivity contribution in [3.05, 3.63) is 0 Å². The molecule has 0 aromatic heterocycles. The monoisotopic (exact) mass is 212 g/mol. The van der Waals surface area contributed by atoms with Gasteiger partial charge in [-0.05, 0) is 50.7 Å². The zero-order valence-corrected chi connectivity index (χ0v) is 10.7. The smallest absolute Gasteiger partial charge is 0.0135 e. The molecule has 0 aliphatic heterocycles. The molecule has 1 aliphatic rings. The lowest BCUT2D eigenvalue weighted by Crippen LogP contribution is -2.41. The first kappa shape index (κ1) is 13.0. The third-order valence-corrected chi connectivity index (χ3v) is 3.79. The summed E-state index contributed by atoms with van der Waals surface area (Å²) in [5, 5.41) is 0. The second-order valence-corrected chi connectivity index (χ2v) is 5.31. The Morgan fingerprint density at radius 3 is 2.60 bits per heavy atom. The van der Waals surface area contributed by atoms with Crippen LogP contribution >= 0.6 is 0 Å². The van der Waals surface area contributed by atoms with Gasteiger partial charge in [0.05, 0.1) is 0 Å². The largest absolute Gasteiger partial charge is 0.330 e. The Labute approximate surface area is 95.2 Å². The summed E-state index contributed by atoms with van der Waals surface area (Å²) in [6.45, 7) is 10.2. The van der Waals surface area contributed by atoms with Crippen LogP contribution in [0.5, 0.6) is 0 Å². The molecule has 2 atom stereocenters. The van der Waals surface area contributed by atoms with Crippen molar-refractivity contribution in [2.45, 2.75) is 52.5 Å². The molecule has 15 heavy (non-hydrogen) atoms. The average molecular weight is 212 g/mol. The molecule has 1 fully saturated rings. The third-order valence-electron chi connectivity index (χ3n) is 3.79. The predicted octanol–water partition coefficient (Wildman–Crippen LogP) is 2.48. The molecule has 90 valence electrons. The van der Waals surface area contributed by atoms with Crippen molar-refractivity contribution in [2.24, 2.45) is 17.6 Å². The fourth-order valence-electron chi connectivity index (χ4n) is 2.76. The summed E-state index contributed by atoms with van der Waals surface area (Å²) in [7, 11) is 0. The van der Waals surface area contributed by atoms with Crippen molar-refractivity contribution in [1.29, 1.82) is 0 Å². The molecule has 2 nitrogen and oxygen atoms in total. The molecule has 1 rings (SSSR count). The van der Waals surface area contributed by atoms with E-state index in [0.717, 1.165) is 24.4 Å². The minimum atomic E-state index is 0.761. The van der Waals surface area contributed by atoms with Crippen LogP contribution in [0.4, 0.5) is 0 Å². The maximum Gasteiger partial charge on any atom is 0.0135 e. The second kappa shape index (κ2) is 6.49. The molecule has 0 saturated heterocycles. The molecular formula is C13H28N2. The Kier molecular flexibility index (Phi) is 5.62. The Hall–Kier alpha value is -0.0800. The van der Waals surface area contributed by atoms with E-state index in [2.05, 4.69) is 25.7 Å². The van der Waals surface area contributed by atoms with Crippen molar-refractivity contribution in [1.82, 2.24) is 4.90 Å². The quantitative estimate of drug-likeness (QED) is 0.733. The van der Waals surface area contributed by atoms with Crippen LogP contribution in [0.15, 0.2) is 0 Å². The minimum Gasteiger partial charge on any atom is -0.330 e. The number of hydrogen-bond donors (Lipinski definition) is 1. The van der Waals surface area contributed by atoms with E-state index in [9.17, 15) is 0 Å². The van der Waals surface area contributed by atoms with Gasteiger partial charge in [-0.25, -0.2) is 0 Å². The minimum absolute atomic E-state index is 0.761. The molecule has 1 saturated carbocycles. The third kappa shape index (κ3) is 3.76. The number of nitrogens with zero attached hydrogens (tertiary/aromatic N) is 1. The molecule has 0 bridgehead atoms. The summed E-state index contributed by atoms with van der Waals surface area (Å²) in [5.74, 6) is 1.58. The summed E-state index contributed by atoms with van der Waals surface area (Å²) in [6, 6.07) is 0.777. The highest BCUT2D eigenvalue weighted by atomic mass is 15.2. The van der Waals surface area contributed by atoms with Gasteiger partial charge in [0.2, 0.25) is 0 Å². The molecule has 0 amide bonds. The lowest BCUT2D eigenvalue weighted by Gasteiger charge is -2.32. The van der Waals surface area contributed by atoms with Crippen LogP contribution in [-0.2, 0) is 0 Å². The summed E-state index contributed by atoms with van der Waals surface area (Å²) in [6.07, 6.45) is 5.42.